The minimum absolute atomic E-state index is 0.0447. The average molecular weight is 240 g/mol. The number of carbonyl (C=O) groups excluding carboxylic acids is 1. The van der Waals surface area contributed by atoms with Crippen molar-refractivity contribution in [3.05, 3.63) is 0 Å². The molecule has 0 saturated carbocycles. The Hall–Kier alpha value is -0.820. The van der Waals surface area contributed by atoms with Crippen LogP contribution in [0.4, 0.5) is 13.2 Å². The van der Waals surface area contributed by atoms with Crippen LogP contribution in [-0.4, -0.2) is 44.4 Å². The van der Waals surface area contributed by atoms with E-state index in [9.17, 15) is 18.0 Å². The van der Waals surface area contributed by atoms with Gasteiger partial charge in [-0.1, -0.05) is 0 Å². The summed E-state index contributed by atoms with van der Waals surface area (Å²) in [5, 5.41) is 5.75. The van der Waals surface area contributed by atoms with Crippen molar-refractivity contribution in [1.82, 2.24) is 10.6 Å². The third-order valence-electron chi connectivity index (χ3n) is 2.20. The summed E-state index contributed by atoms with van der Waals surface area (Å²) in [6.45, 7) is -0.293. The molecular weight excluding hydrogens is 225 g/mol. The Kier molecular flexibility index (Phi) is 5.01. The highest BCUT2D eigenvalue weighted by molar-refractivity contribution is 5.77. The van der Waals surface area contributed by atoms with Crippen molar-refractivity contribution in [2.45, 2.75) is 25.1 Å². The minimum atomic E-state index is -4.38. The van der Waals surface area contributed by atoms with Crippen LogP contribution >= 0.6 is 0 Å². The molecule has 1 amide bonds. The predicted octanol–water partition coefficient (Wildman–Crippen LogP) is 0.433. The van der Waals surface area contributed by atoms with Crippen LogP contribution in [0, 0.1) is 0 Å². The largest absolute Gasteiger partial charge is 0.411 e. The maximum Gasteiger partial charge on any atom is 0.411 e. The van der Waals surface area contributed by atoms with Crippen molar-refractivity contribution in [2.24, 2.45) is 0 Å². The maximum absolute atomic E-state index is 11.7. The smallest absolute Gasteiger partial charge is 0.362 e. The summed E-state index contributed by atoms with van der Waals surface area (Å²) >= 11 is 0. The Morgan fingerprint density at radius 3 is 2.56 bits per heavy atom. The van der Waals surface area contributed by atoms with Gasteiger partial charge in [0, 0.05) is 6.04 Å². The summed E-state index contributed by atoms with van der Waals surface area (Å²) in [6.07, 6.45) is -2.79. The normalized spacial score (nSPS) is 18.4. The molecule has 0 atom stereocenters. The number of alkyl halides is 3. The highest BCUT2D eigenvalue weighted by atomic mass is 19.4. The second-order valence-corrected chi connectivity index (χ2v) is 3.70. The first kappa shape index (κ1) is 13.2. The molecule has 1 heterocycles. The van der Waals surface area contributed by atoms with Crippen LogP contribution in [0.2, 0.25) is 0 Å². The number of amides is 1. The lowest BCUT2D eigenvalue weighted by Gasteiger charge is -2.23. The van der Waals surface area contributed by atoms with Gasteiger partial charge in [-0.25, -0.2) is 0 Å². The summed E-state index contributed by atoms with van der Waals surface area (Å²) in [4.78, 5) is 11.2. The molecule has 0 aromatic carbocycles. The summed E-state index contributed by atoms with van der Waals surface area (Å²) in [6, 6.07) is 0.0447. The van der Waals surface area contributed by atoms with Crippen LogP contribution in [0.25, 0.3) is 0 Å². The number of ether oxygens (including phenoxy) is 1. The summed E-state index contributed by atoms with van der Waals surface area (Å²) in [5.74, 6) is -0.490. The maximum atomic E-state index is 11.7. The zero-order chi connectivity index (χ0) is 12.0. The van der Waals surface area contributed by atoms with E-state index in [1.165, 1.54) is 0 Å². The van der Waals surface area contributed by atoms with E-state index in [0.717, 1.165) is 25.9 Å². The van der Waals surface area contributed by atoms with E-state index in [1.807, 2.05) is 0 Å². The molecule has 0 radical (unpaired) electrons. The van der Waals surface area contributed by atoms with Crippen molar-refractivity contribution < 1.29 is 22.7 Å². The fourth-order valence-corrected chi connectivity index (χ4v) is 1.50. The van der Waals surface area contributed by atoms with Gasteiger partial charge in [0.1, 0.15) is 13.2 Å². The van der Waals surface area contributed by atoms with Crippen LogP contribution < -0.4 is 10.6 Å². The Morgan fingerprint density at radius 2 is 2.00 bits per heavy atom. The van der Waals surface area contributed by atoms with E-state index >= 15 is 0 Å². The van der Waals surface area contributed by atoms with Crippen LogP contribution in [0.1, 0.15) is 12.8 Å². The zero-order valence-electron chi connectivity index (χ0n) is 8.77. The highest BCUT2D eigenvalue weighted by Crippen LogP contribution is 2.14. The van der Waals surface area contributed by atoms with Gasteiger partial charge in [0.05, 0.1) is 0 Å². The van der Waals surface area contributed by atoms with Crippen LogP contribution in [-0.2, 0) is 9.53 Å². The molecular formula is C9H15F3N2O2. The first-order chi connectivity index (χ1) is 7.47. The number of halogens is 3. The van der Waals surface area contributed by atoms with Crippen molar-refractivity contribution in [2.75, 3.05) is 26.3 Å². The second kappa shape index (κ2) is 6.05. The van der Waals surface area contributed by atoms with Crippen molar-refractivity contribution in [1.29, 1.82) is 0 Å². The Balaban J connectivity index is 2.10. The number of rotatable bonds is 4. The van der Waals surface area contributed by atoms with Gasteiger partial charge in [-0.2, -0.15) is 13.2 Å². The summed E-state index contributed by atoms with van der Waals surface area (Å²) in [5.41, 5.74) is 0. The number of nitrogens with one attached hydrogen (secondary N) is 2. The molecule has 0 aromatic rings. The zero-order valence-corrected chi connectivity index (χ0v) is 8.77. The molecule has 2 N–H and O–H groups in total. The van der Waals surface area contributed by atoms with E-state index in [-0.39, 0.29) is 6.04 Å². The SMILES string of the molecule is O=C(COCC(F)(F)F)NC1CCNCC1. The van der Waals surface area contributed by atoms with Crippen molar-refractivity contribution in [3.8, 4) is 0 Å². The second-order valence-electron chi connectivity index (χ2n) is 3.70. The molecule has 1 saturated heterocycles. The lowest BCUT2D eigenvalue weighted by atomic mass is 10.1. The van der Waals surface area contributed by atoms with Gasteiger partial charge in [0.15, 0.2) is 0 Å². The fourth-order valence-electron chi connectivity index (χ4n) is 1.50. The number of hydrogen-bond donors (Lipinski definition) is 2. The van der Waals surface area contributed by atoms with Crippen molar-refractivity contribution in [3.63, 3.8) is 0 Å². The number of carbonyl (C=O) groups is 1. The lowest BCUT2D eigenvalue weighted by molar-refractivity contribution is -0.175. The fraction of sp³-hybridized carbons (Fsp3) is 0.889. The van der Waals surface area contributed by atoms with Crippen LogP contribution in [0.3, 0.4) is 0 Å². The number of piperidine rings is 1. The van der Waals surface area contributed by atoms with E-state index in [2.05, 4.69) is 15.4 Å². The molecule has 1 aliphatic rings. The molecule has 0 spiro atoms. The predicted molar refractivity (Wildman–Crippen MR) is 50.9 cm³/mol. The minimum Gasteiger partial charge on any atom is -0.362 e. The standard InChI is InChI=1S/C9H15F3N2O2/c10-9(11,12)6-16-5-8(15)14-7-1-3-13-4-2-7/h7,13H,1-6H2,(H,14,15). The van der Waals surface area contributed by atoms with Gasteiger partial charge in [-0.05, 0) is 25.9 Å². The highest BCUT2D eigenvalue weighted by Gasteiger charge is 2.28. The molecule has 1 fully saturated rings. The van der Waals surface area contributed by atoms with Gasteiger partial charge in [-0.3, -0.25) is 4.79 Å². The van der Waals surface area contributed by atoms with Gasteiger partial charge < -0.3 is 15.4 Å². The molecule has 0 aromatic heterocycles. The van der Waals surface area contributed by atoms with Gasteiger partial charge in [-0.15, -0.1) is 0 Å². The van der Waals surface area contributed by atoms with E-state index in [0.29, 0.717) is 0 Å². The van der Waals surface area contributed by atoms with Gasteiger partial charge >= 0.3 is 6.18 Å². The Morgan fingerprint density at radius 1 is 1.38 bits per heavy atom. The molecule has 7 heteroatoms. The van der Waals surface area contributed by atoms with Gasteiger partial charge in [0.2, 0.25) is 5.91 Å². The quantitative estimate of drug-likeness (QED) is 0.749. The Labute approximate surface area is 91.5 Å². The third-order valence-corrected chi connectivity index (χ3v) is 2.20. The third kappa shape index (κ3) is 5.92. The molecule has 1 aliphatic heterocycles. The molecule has 0 unspecified atom stereocenters. The molecule has 16 heavy (non-hydrogen) atoms. The van der Waals surface area contributed by atoms with Crippen LogP contribution in [0.5, 0.6) is 0 Å². The van der Waals surface area contributed by atoms with E-state index in [1.54, 1.807) is 0 Å². The molecule has 0 bridgehead atoms. The van der Waals surface area contributed by atoms with E-state index in [4.69, 9.17) is 0 Å². The lowest BCUT2D eigenvalue weighted by Crippen LogP contribution is -2.44. The van der Waals surface area contributed by atoms with E-state index < -0.39 is 25.3 Å². The first-order valence-corrected chi connectivity index (χ1v) is 5.12. The molecule has 1 rings (SSSR count). The van der Waals surface area contributed by atoms with Crippen LogP contribution in [0.15, 0.2) is 0 Å². The van der Waals surface area contributed by atoms with Crippen molar-refractivity contribution >= 4 is 5.91 Å². The molecule has 94 valence electrons. The Bertz CT molecular complexity index is 227. The number of hydrogen-bond acceptors (Lipinski definition) is 3. The summed E-state index contributed by atoms with van der Waals surface area (Å²) in [7, 11) is 0. The van der Waals surface area contributed by atoms with Gasteiger partial charge in [0.25, 0.3) is 0 Å². The molecule has 0 aliphatic carbocycles. The first-order valence-electron chi connectivity index (χ1n) is 5.12. The monoisotopic (exact) mass is 240 g/mol. The topological polar surface area (TPSA) is 50.4 Å². The average Bonchev–Trinajstić information content (AvgIpc) is 2.17. The molecule has 4 nitrogen and oxygen atoms in total. The summed E-state index contributed by atoms with van der Waals surface area (Å²) < 4.78 is 39.3.